The van der Waals surface area contributed by atoms with E-state index in [1.54, 1.807) is 24.3 Å². The van der Waals surface area contributed by atoms with Crippen molar-refractivity contribution in [1.29, 1.82) is 0 Å². The molecule has 0 bridgehead atoms. The van der Waals surface area contributed by atoms with Gasteiger partial charge in [-0.25, -0.2) is 9.49 Å². The molecule has 0 aliphatic carbocycles. The monoisotopic (exact) mass is 440 g/mol. The molecule has 0 radical (unpaired) electrons. The number of rotatable bonds is 4. The number of nitrogens with zero attached hydrogens (tertiary/aromatic N) is 3. The van der Waals surface area contributed by atoms with Gasteiger partial charge in [-0.15, -0.1) is 11.6 Å². The van der Waals surface area contributed by atoms with Crippen molar-refractivity contribution in [2.24, 2.45) is 0 Å². The highest BCUT2D eigenvalue weighted by Crippen LogP contribution is 2.20. The Morgan fingerprint density at radius 1 is 1.06 bits per heavy atom. The van der Waals surface area contributed by atoms with Crippen LogP contribution < -0.4 is 5.56 Å². The normalized spacial score (nSPS) is 13.6. The minimum absolute atomic E-state index is 0.0759. The van der Waals surface area contributed by atoms with E-state index in [4.69, 9.17) is 11.6 Å². The number of alkyl halides is 1. The SMILES string of the molecule is O=C(CCl)N1C=CN(C(=O)c2cc(Cc3n[nH]c(=O)c4ccccc34)ccc2F)CC1. The molecule has 4 rings (SSSR count). The molecule has 0 atom stereocenters. The Kier molecular flexibility index (Phi) is 5.81. The molecule has 158 valence electrons. The lowest BCUT2D eigenvalue weighted by Crippen LogP contribution is -2.41. The first-order chi connectivity index (χ1) is 15.0. The zero-order valence-corrected chi connectivity index (χ0v) is 17.1. The first kappa shape index (κ1) is 20.7. The molecule has 1 aliphatic rings. The minimum atomic E-state index is -0.638. The summed E-state index contributed by atoms with van der Waals surface area (Å²) < 4.78 is 14.5. The van der Waals surface area contributed by atoms with Crippen molar-refractivity contribution in [2.75, 3.05) is 19.0 Å². The topological polar surface area (TPSA) is 86.4 Å². The number of aromatic nitrogens is 2. The molecule has 1 aliphatic heterocycles. The quantitative estimate of drug-likeness (QED) is 0.632. The maximum absolute atomic E-state index is 14.5. The van der Waals surface area contributed by atoms with E-state index in [0.29, 0.717) is 28.5 Å². The smallest absolute Gasteiger partial charge is 0.272 e. The zero-order valence-electron chi connectivity index (χ0n) is 16.3. The number of amides is 2. The summed E-state index contributed by atoms with van der Waals surface area (Å²) >= 11 is 5.55. The van der Waals surface area contributed by atoms with Crippen molar-refractivity contribution >= 4 is 34.2 Å². The fourth-order valence-electron chi connectivity index (χ4n) is 3.48. The number of H-pyrrole nitrogens is 1. The molecule has 1 N–H and O–H groups in total. The van der Waals surface area contributed by atoms with Crippen LogP contribution >= 0.6 is 11.6 Å². The van der Waals surface area contributed by atoms with Crippen LogP contribution in [0.3, 0.4) is 0 Å². The van der Waals surface area contributed by atoms with Crippen LogP contribution in [0.1, 0.15) is 21.6 Å². The number of fused-ring (bicyclic) bond motifs is 1. The van der Waals surface area contributed by atoms with Gasteiger partial charge >= 0.3 is 0 Å². The van der Waals surface area contributed by atoms with Crippen molar-refractivity contribution in [2.45, 2.75) is 6.42 Å². The van der Waals surface area contributed by atoms with Gasteiger partial charge in [-0.05, 0) is 23.8 Å². The number of benzene rings is 2. The van der Waals surface area contributed by atoms with Gasteiger partial charge in [0.25, 0.3) is 11.5 Å². The largest absolute Gasteiger partial charge is 0.315 e. The average Bonchev–Trinajstić information content (AvgIpc) is 2.81. The zero-order chi connectivity index (χ0) is 22.0. The second-order valence-electron chi connectivity index (χ2n) is 7.05. The molecule has 1 aromatic heterocycles. The number of carbonyl (C=O) groups is 2. The molecule has 2 aromatic carbocycles. The molecule has 0 unspecified atom stereocenters. The van der Waals surface area contributed by atoms with Crippen molar-refractivity contribution in [3.05, 3.63) is 87.9 Å². The first-order valence-corrected chi connectivity index (χ1v) is 10.1. The van der Waals surface area contributed by atoms with Gasteiger partial charge in [-0.1, -0.05) is 24.3 Å². The Morgan fingerprint density at radius 3 is 2.48 bits per heavy atom. The van der Waals surface area contributed by atoms with Crippen LogP contribution in [0.25, 0.3) is 10.8 Å². The van der Waals surface area contributed by atoms with Gasteiger partial charge in [0.05, 0.1) is 16.6 Å². The van der Waals surface area contributed by atoms with E-state index in [-0.39, 0.29) is 36.0 Å². The molecule has 3 aromatic rings. The molecular weight excluding hydrogens is 423 g/mol. The van der Waals surface area contributed by atoms with Gasteiger partial charge in [-0.2, -0.15) is 5.10 Å². The summed E-state index contributed by atoms with van der Waals surface area (Å²) in [5.41, 5.74) is 0.934. The third kappa shape index (κ3) is 4.20. The molecule has 31 heavy (non-hydrogen) atoms. The summed E-state index contributed by atoms with van der Waals surface area (Å²) in [5.74, 6) is -1.56. The second-order valence-corrected chi connectivity index (χ2v) is 7.32. The molecule has 0 spiro atoms. The van der Waals surface area contributed by atoms with Gasteiger partial charge in [0.1, 0.15) is 11.7 Å². The van der Waals surface area contributed by atoms with Gasteiger partial charge in [0.15, 0.2) is 0 Å². The van der Waals surface area contributed by atoms with Crippen LogP contribution in [0, 0.1) is 5.82 Å². The summed E-state index contributed by atoms with van der Waals surface area (Å²) in [5, 5.41) is 7.83. The van der Waals surface area contributed by atoms with Crippen LogP contribution in [-0.4, -0.2) is 50.8 Å². The molecule has 0 fully saturated rings. The number of hydrogen-bond acceptors (Lipinski definition) is 4. The molecule has 0 saturated carbocycles. The molecule has 2 amide bonds. The number of hydrogen-bond donors (Lipinski definition) is 1. The second kappa shape index (κ2) is 8.69. The minimum Gasteiger partial charge on any atom is -0.315 e. The molecular formula is C22H18ClFN4O3. The highest BCUT2D eigenvalue weighted by atomic mass is 35.5. The number of nitrogens with one attached hydrogen (secondary N) is 1. The van der Waals surface area contributed by atoms with E-state index in [0.717, 1.165) is 0 Å². The Bertz CT molecular complexity index is 1260. The van der Waals surface area contributed by atoms with Crippen molar-refractivity contribution in [3.63, 3.8) is 0 Å². The van der Waals surface area contributed by atoms with Gasteiger partial charge in [0, 0.05) is 37.3 Å². The summed E-state index contributed by atoms with van der Waals surface area (Å²) in [4.78, 5) is 39.3. The summed E-state index contributed by atoms with van der Waals surface area (Å²) in [6.07, 6.45) is 3.22. The molecule has 0 saturated heterocycles. The third-order valence-electron chi connectivity index (χ3n) is 5.11. The average molecular weight is 441 g/mol. The number of halogens is 2. The number of carbonyl (C=O) groups excluding carboxylic acids is 2. The van der Waals surface area contributed by atoms with Gasteiger partial charge in [-0.3, -0.25) is 14.4 Å². The van der Waals surface area contributed by atoms with Crippen LogP contribution in [0.15, 0.2) is 59.7 Å². The van der Waals surface area contributed by atoms with Crippen LogP contribution in [0.2, 0.25) is 0 Å². The fourth-order valence-corrected chi connectivity index (χ4v) is 3.63. The lowest BCUT2D eigenvalue weighted by atomic mass is 10.0. The Labute approximate surface area is 181 Å². The van der Waals surface area contributed by atoms with Crippen LogP contribution in [0.4, 0.5) is 4.39 Å². The first-order valence-electron chi connectivity index (χ1n) is 9.57. The van der Waals surface area contributed by atoms with Crippen LogP contribution in [0.5, 0.6) is 0 Å². The van der Waals surface area contributed by atoms with E-state index in [1.165, 1.54) is 34.3 Å². The van der Waals surface area contributed by atoms with Crippen molar-refractivity contribution in [3.8, 4) is 0 Å². The highest BCUT2D eigenvalue weighted by Gasteiger charge is 2.23. The van der Waals surface area contributed by atoms with E-state index in [9.17, 15) is 18.8 Å². The third-order valence-corrected chi connectivity index (χ3v) is 5.34. The molecule has 2 heterocycles. The van der Waals surface area contributed by atoms with Crippen LogP contribution in [-0.2, 0) is 11.2 Å². The Morgan fingerprint density at radius 2 is 1.77 bits per heavy atom. The predicted octanol–water partition coefficient (Wildman–Crippen LogP) is 2.65. The van der Waals surface area contributed by atoms with E-state index >= 15 is 0 Å². The lowest BCUT2D eigenvalue weighted by molar-refractivity contribution is -0.126. The molecule has 7 nitrogen and oxygen atoms in total. The van der Waals surface area contributed by atoms with E-state index < -0.39 is 11.7 Å². The Balaban J connectivity index is 1.60. The van der Waals surface area contributed by atoms with E-state index in [2.05, 4.69) is 10.2 Å². The maximum atomic E-state index is 14.5. The predicted molar refractivity (Wildman–Crippen MR) is 114 cm³/mol. The van der Waals surface area contributed by atoms with Crippen molar-refractivity contribution in [1.82, 2.24) is 20.0 Å². The summed E-state index contributed by atoms with van der Waals surface area (Å²) in [6.45, 7) is 0.510. The summed E-state index contributed by atoms with van der Waals surface area (Å²) in [7, 11) is 0. The fraction of sp³-hybridized carbons (Fsp3) is 0.182. The standard InChI is InChI=1S/C22H18ClFN4O3/c23-13-20(29)27-7-9-28(10-8-27)22(31)17-11-14(5-6-18(17)24)12-19-15-3-1-2-4-16(15)21(30)26-25-19/h1-7,9,11H,8,10,12-13H2,(H,26,30). The maximum Gasteiger partial charge on any atom is 0.272 e. The molecule has 9 heteroatoms. The highest BCUT2D eigenvalue weighted by molar-refractivity contribution is 6.27. The van der Waals surface area contributed by atoms with E-state index in [1.807, 2.05) is 6.07 Å². The van der Waals surface area contributed by atoms with Crippen molar-refractivity contribution < 1.29 is 14.0 Å². The summed E-state index contributed by atoms with van der Waals surface area (Å²) in [6, 6.07) is 11.4. The lowest BCUT2D eigenvalue weighted by Gasteiger charge is -2.28. The van der Waals surface area contributed by atoms with Gasteiger partial charge < -0.3 is 9.80 Å². The Hall–Kier alpha value is -3.52. The van der Waals surface area contributed by atoms with Gasteiger partial charge in [0.2, 0.25) is 5.91 Å². The number of aromatic amines is 1.